The van der Waals surface area contributed by atoms with Gasteiger partial charge < -0.3 is 14.2 Å². The number of benzene rings is 1. The molecule has 18 heavy (non-hydrogen) atoms. The minimum Gasteiger partial charge on any atom is -0.495 e. The van der Waals surface area contributed by atoms with Crippen molar-refractivity contribution < 1.29 is 23.9 Å². The molecule has 0 aromatic heterocycles. The van der Waals surface area contributed by atoms with Crippen LogP contribution >= 0.6 is 0 Å². The number of hydrogen-bond acceptors (Lipinski definition) is 6. The lowest BCUT2D eigenvalue weighted by molar-refractivity contribution is -0.385. The molecular weight excluding hydrogens is 242 g/mol. The lowest BCUT2D eigenvalue weighted by Gasteiger charge is -2.13. The zero-order valence-electron chi connectivity index (χ0n) is 10.5. The smallest absolute Gasteiger partial charge is 0.341 e. The highest BCUT2D eigenvalue weighted by Crippen LogP contribution is 2.39. The molecule has 1 aromatic rings. The first-order chi connectivity index (χ1) is 8.47. The third-order valence-corrected chi connectivity index (χ3v) is 2.45. The molecule has 0 heterocycles. The Kier molecular flexibility index (Phi) is 4.09. The third kappa shape index (κ3) is 2.20. The second-order valence-corrected chi connectivity index (χ2v) is 3.38. The number of nitro benzene ring substituents is 1. The van der Waals surface area contributed by atoms with Gasteiger partial charge in [0.2, 0.25) is 5.75 Å². The fourth-order valence-corrected chi connectivity index (χ4v) is 1.68. The summed E-state index contributed by atoms with van der Waals surface area (Å²) in [4.78, 5) is 21.9. The molecule has 1 rings (SSSR count). The summed E-state index contributed by atoms with van der Waals surface area (Å²) in [5, 5.41) is 10.9. The Hall–Kier alpha value is -2.31. The fourth-order valence-electron chi connectivity index (χ4n) is 1.68. The van der Waals surface area contributed by atoms with Gasteiger partial charge in [0.05, 0.1) is 26.3 Å². The summed E-state index contributed by atoms with van der Waals surface area (Å²) in [6.07, 6.45) is 0. The number of carbonyl (C=O) groups excluding carboxylic acids is 1. The molecule has 0 aliphatic heterocycles. The SMILES string of the molecule is COC(=O)c1cc([N+](=O)[O-])c(OC)c(C)c1OC. The van der Waals surface area contributed by atoms with Crippen LogP contribution in [-0.4, -0.2) is 32.2 Å². The van der Waals surface area contributed by atoms with E-state index in [4.69, 9.17) is 9.47 Å². The summed E-state index contributed by atoms with van der Waals surface area (Å²) in [5.41, 5.74) is 0.0517. The topological polar surface area (TPSA) is 87.9 Å². The largest absolute Gasteiger partial charge is 0.495 e. The second kappa shape index (κ2) is 5.35. The molecule has 0 aliphatic rings. The summed E-state index contributed by atoms with van der Waals surface area (Å²) in [6.45, 7) is 1.57. The van der Waals surface area contributed by atoms with Crippen LogP contribution in [-0.2, 0) is 4.74 Å². The zero-order chi connectivity index (χ0) is 13.9. The monoisotopic (exact) mass is 255 g/mol. The molecule has 0 unspecified atom stereocenters. The molecule has 0 N–H and O–H groups in total. The average Bonchev–Trinajstić information content (AvgIpc) is 2.36. The van der Waals surface area contributed by atoms with Crippen molar-refractivity contribution >= 4 is 11.7 Å². The molecule has 0 spiro atoms. The first kappa shape index (κ1) is 13.8. The summed E-state index contributed by atoms with van der Waals surface area (Å²) >= 11 is 0. The standard InChI is InChI=1S/C11H13NO6/c1-6-9(16-2)7(11(13)18-4)5-8(12(14)15)10(6)17-3/h5H,1-4H3. The lowest BCUT2D eigenvalue weighted by atomic mass is 10.1. The normalized spacial score (nSPS) is 9.78. The quantitative estimate of drug-likeness (QED) is 0.462. The van der Waals surface area contributed by atoms with Crippen molar-refractivity contribution in [3.63, 3.8) is 0 Å². The fraction of sp³-hybridized carbons (Fsp3) is 0.364. The van der Waals surface area contributed by atoms with Crippen LogP contribution in [0, 0.1) is 17.0 Å². The van der Waals surface area contributed by atoms with E-state index in [9.17, 15) is 14.9 Å². The molecule has 0 atom stereocenters. The van der Waals surface area contributed by atoms with E-state index in [0.717, 1.165) is 6.07 Å². The number of carbonyl (C=O) groups is 1. The van der Waals surface area contributed by atoms with Crippen LogP contribution in [0.25, 0.3) is 0 Å². The van der Waals surface area contributed by atoms with Gasteiger partial charge in [0.15, 0.2) is 0 Å². The highest BCUT2D eigenvalue weighted by Gasteiger charge is 2.27. The van der Waals surface area contributed by atoms with Gasteiger partial charge in [-0.3, -0.25) is 10.1 Å². The van der Waals surface area contributed by atoms with E-state index in [2.05, 4.69) is 4.74 Å². The van der Waals surface area contributed by atoms with Gasteiger partial charge in [-0.2, -0.15) is 0 Å². The van der Waals surface area contributed by atoms with E-state index in [1.807, 2.05) is 0 Å². The highest BCUT2D eigenvalue weighted by molar-refractivity contribution is 5.94. The maximum Gasteiger partial charge on any atom is 0.341 e. The second-order valence-electron chi connectivity index (χ2n) is 3.38. The van der Waals surface area contributed by atoms with Gasteiger partial charge in [-0.15, -0.1) is 0 Å². The zero-order valence-corrected chi connectivity index (χ0v) is 10.5. The summed E-state index contributed by atoms with van der Waals surface area (Å²) < 4.78 is 14.6. The van der Waals surface area contributed by atoms with Gasteiger partial charge >= 0.3 is 11.7 Å². The van der Waals surface area contributed by atoms with Gasteiger partial charge in [0, 0.05) is 11.6 Å². The van der Waals surface area contributed by atoms with Crippen molar-refractivity contribution in [2.75, 3.05) is 21.3 Å². The molecule has 0 amide bonds. The van der Waals surface area contributed by atoms with Crippen molar-refractivity contribution in [3.05, 3.63) is 27.3 Å². The summed E-state index contributed by atoms with van der Waals surface area (Å²) in [6, 6.07) is 1.08. The Bertz CT molecular complexity index is 497. The van der Waals surface area contributed by atoms with E-state index in [1.165, 1.54) is 21.3 Å². The van der Waals surface area contributed by atoms with Gasteiger partial charge in [0.1, 0.15) is 11.3 Å². The molecule has 0 fully saturated rings. The van der Waals surface area contributed by atoms with Crippen LogP contribution in [0.5, 0.6) is 11.5 Å². The number of rotatable bonds is 4. The number of ether oxygens (including phenoxy) is 3. The number of methoxy groups -OCH3 is 3. The van der Waals surface area contributed by atoms with Gasteiger partial charge in [-0.25, -0.2) is 4.79 Å². The Morgan fingerprint density at radius 3 is 2.17 bits per heavy atom. The maximum absolute atomic E-state index is 11.6. The molecule has 98 valence electrons. The van der Waals surface area contributed by atoms with E-state index in [0.29, 0.717) is 5.56 Å². The Morgan fingerprint density at radius 2 is 1.78 bits per heavy atom. The van der Waals surface area contributed by atoms with Crippen molar-refractivity contribution in [1.82, 2.24) is 0 Å². The molecule has 0 bridgehead atoms. The van der Waals surface area contributed by atoms with Gasteiger partial charge in [-0.05, 0) is 6.92 Å². The number of nitro groups is 1. The minimum absolute atomic E-state index is 0.00926. The van der Waals surface area contributed by atoms with Crippen LogP contribution in [0.2, 0.25) is 0 Å². The average molecular weight is 255 g/mol. The lowest BCUT2D eigenvalue weighted by Crippen LogP contribution is -2.08. The van der Waals surface area contributed by atoms with E-state index in [-0.39, 0.29) is 22.7 Å². The van der Waals surface area contributed by atoms with Crippen molar-refractivity contribution in [2.24, 2.45) is 0 Å². The van der Waals surface area contributed by atoms with E-state index in [1.54, 1.807) is 6.92 Å². The summed E-state index contributed by atoms with van der Waals surface area (Å²) in [5.74, 6) is -0.450. The Labute approximate surface area is 103 Å². The van der Waals surface area contributed by atoms with Crippen molar-refractivity contribution in [3.8, 4) is 11.5 Å². The predicted octanol–water partition coefficient (Wildman–Crippen LogP) is 1.71. The third-order valence-electron chi connectivity index (χ3n) is 2.45. The highest BCUT2D eigenvalue weighted by atomic mass is 16.6. The Balaban J connectivity index is 3.63. The van der Waals surface area contributed by atoms with Gasteiger partial charge in [-0.1, -0.05) is 0 Å². The van der Waals surface area contributed by atoms with Crippen LogP contribution in [0.1, 0.15) is 15.9 Å². The molecule has 0 aliphatic carbocycles. The first-order valence-electron chi connectivity index (χ1n) is 4.96. The van der Waals surface area contributed by atoms with Crippen molar-refractivity contribution in [2.45, 2.75) is 6.92 Å². The van der Waals surface area contributed by atoms with Crippen LogP contribution in [0.15, 0.2) is 6.07 Å². The molecular formula is C11H13NO6. The molecule has 1 aromatic carbocycles. The molecule has 7 heteroatoms. The van der Waals surface area contributed by atoms with Crippen LogP contribution in [0.4, 0.5) is 5.69 Å². The number of nitrogens with zero attached hydrogens (tertiary/aromatic N) is 1. The minimum atomic E-state index is -0.708. The van der Waals surface area contributed by atoms with E-state index < -0.39 is 10.9 Å². The molecule has 0 radical (unpaired) electrons. The van der Waals surface area contributed by atoms with Crippen molar-refractivity contribution in [1.29, 1.82) is 0 Å². The molecule has 0 saturated heterocycles. The molecule has 7 nitrogen and oxygen atoms in total. The molecule has 0 saturated carbocycles. The first-order valence-corrected chi connectivity index (χ1v) is 4.96. The van der Waals surface area contributed by atoms with Crippen LogP contribution in [0.3, 0.4) is 0 Å². The number of esters is 1. The predicted molar refractivity (Wildman–Crippen MR) is 62.3 cm³/mol. The van der Waals surface area contributed by atoms with Crippen LogP contribution < -0.4 is 9.47 Å². The van der Waals surface area contributed by atoms with Gasteiger partial charge in [0.25, 0.3) is 0 Å². The number of hydrogen-bond donors (Lipinski definition) is 0. The Morgan fingerprint density at radius 1 is 1.22 bits per heavy atom. The van der Waals surface area contributed by atoms with E-state index >= 15 is 0 Å². The summed E-state index contributed by atoms with van der Waals surface area (Å²) in [7, 11) is 3.86. The maximum atomic E-state index is 11.6.